The number of hydrogen-bond acceptors (Lipinski definition) is 7. The van der Waals surface area contributed by atoms with Gasteiger partial charge in [0.15, 0.2) is 6.10 Å². The molecule has 0 aliphatic rings. The number of aliphatic hydroxyl groups is 1. The number of esters is 2. The minimum atomic E-state index is -4.77. The van der Waals surface area contributed by atoms with E-state index in [9.17, 15) is 19.3 Å². The predicted molar refractivity (Wildman–Crippen MR) is 204 cm³/mol. The standard InChI is InChI=1S/C40H71O9P/c1-3-5-7-8-9-10-11-12-13-18-21-24-27-30-34-40(43)49-38(36-48-50(44,45)46)35-47-39(42)33-29-26-23-20-17-15-14-16-19-22-25-28-32-37(41)31-6-4-2/h14-15,19-20,22-23,28,32,37-38,41H,3-13,16-18,21,24-27,29-31,33-36H2,1-2H3,(H2,44,45,46)/b15-14-,22-19-,23-20-,32-28-/t37-,38+/m0/s1. The van der Waals surface area contributed by atoms with Crippen LogP contribution in [0.15, 0.2) is 48.6 Å². The van der Waals surface area contributed by atoms with Gasteiger partial charge in [0.25, 0.3) is 0 Å². The van der Waals surface area contributed by atoms with Gasteiger partial charge in [-0.05, 0) is 44.9 Å². The van der Waals surface area contributed by atoms with Crippen LogP contribution in [0.5, 0.6) is 0 Å². The van der Waals surface area contributed by atoms with Crippen molar-refractivity contribution in [2.75, 3.05) is 13.2 Å². The molecule has 0 bridgehead atoms. The Labute approximate surface area is 304 Å². The fourth-order valence-corrected chi connectivity index (χ4v) is 5.57. The van der Waals surface area contributed by atoms with Gasteiger partial charge in [0.1, 0.15) is 6.61 Å². The van der Waals surface area contributed by atoms with E-state index in [0.717, 1.165) is 57.8 Å². The van der Waals surface area contributed by atoms with Gasteiger partial charge in [-0.2, -0.15) is 0 Å². The molecule has 50 heavy (non-hydrogen) atoms. The Kier molecular flexibility index (Phi) is 33.9. The Morgan fingerprint density at radius 3 is 1.62 bits per heavy atom. The molecule has 0 aromatic heterocycles. The molecule has 0 spiro atoms. The smallest absolute Gasteiger partial charge is 0.462 e. The van der Waals surface area contributed by atoms with E-state index in [0.29, 0.717) is 19.3 Å². The van der Waals surface area contributed by atoms with Gasteiger partial charge in [0.05, 0.1) is 12.7 Å². The van der Waals surface area contributed by atoms with Crippen LogP contribution < -0.4 is 0 Å². The lowest BCUT2D eigenvalue weighted by Crippen LogP contribution is -2.29. The summed E-state index contributed by atoms with van der Waals surface area (Å²) in [5.74, 6) is -0.972. The van der Waals surface area contributed by atoms with Crippen LogP contribution in [0.1, 0.15) is 168 Å². The topological polar surface area (TPSA) is 140 Å². The molecular weight excluding hydrogens is 655 g/mol. The summed E-state index contributed by atoms with van der Waals surface area (Å²) in [5.41, 5.74) is 0. The van der Waals surface area contributed by atoms with Gasteiger partial charge in [-0.25, -0.2) is 4.57 Å². The Bertz CT molecular complexity index is 970. The van der Waals surface area contributed by atoms with Crippen LogP contribution >= 0.6 is 7.82 Å². The molecule has 0 aliphatic heterocycles. The lowest BCUT2D eigenvalue weighted by atomic mass is 10.0. The molecule has 0 aromatic carbocycles. The van der Waals surface area contributed by atoms with Crippen LogP contribution in [-0.2, 0) is 28.2 Å². The number of carbonyl (C=O) groups is 2. The van der Waals surface area contributed by atoms with Crippen LogP contribution in [0.25, 0.3) is 0 Å². The third kappa shape index (κ3) is 37.2. The van der Waals surface area contributed by atoms with E-state index in [1.54, 1.807) is 0 Å². The molecular formula is C40H71O9P. The number of aliphatic hydroxyl groups excluding tert-OH is 1. The molecule has 0 saturated carbocycles. The molecule has 0 fully saturated rings. The summed E-state index contributed by atoms with van der Waals surface area (Å²) in [6, 6.07) is 0. The van der Waals surface area contributed by atoms with E-state index in [4.69, 9.17) is 19.3 Å². The molecule has 3 N–H and O–H groups in total. The summed E-state index contributed by atoms with van der Waals surface area (Å²) in [4.78, 5) is 42.7. The first-order valence-electron chi connectivity index (χ1n) is 19.5. The number of unbranched alkanes of at least 4 members (excludes halogenated alkanes) is 15. The molecule has 290 valence electrons. The van der Waals surface area contributed by atoms with Gasteiger partial charge >= 0.3 is 19.8 Å². The van der Waals surface area contributed by atoms with Gasteiger partial charge in [-0.3, -0.25) is 14.1 Å². The summed E-state index contributed by atoms with van der Waals surface area (Å²) >= 11 is 0. The highest BCUT2D eigenvalue weighted by Gasteiger charge is 2.22. The second kappa shape index (κ2) is 35.4. The number of phosphoric acid groups is 1. The van der Waals surface area contributed by atoms with Crippen molar-refractivity contribution in [2.45, 2.75) is 180 Å². The van der Waals surface area contributed by atoms with Crippen LogP contribution in [0, 0.1) is 0 Å². The largest absolute Gasteiger partial charge is 0.469 e. The van der Waals surface area contributed by atoms with Crippen molar-refractivity contribution in [1.29, 1.82) is 0 Å². The van der Waals surface area contributed by atoms with Crippen molar-refractivity contribution >= 4 is 19.8 Å². The Morgan fingerprint density at radius 2 is 1.08 bits per heavy atom. The zero-order chi connectivity index (χ0) is 37.0. The molecule has 0 saturated heterocycles. The molecule has 10 heteroatoms. The number of hydrogen-bond donors (Lipinski definition) is 3. The van der Waals surface area contributed by atoms with E-state index in [-0.39, 0.29) is 25.6 Å². The van der Waals surface area contributed by atoms with E-state index in [1.807, 2.05) is 24.3 Å². The van der Waals surface area contributed by atoms with Gasteiger partial charge < -0.3 is 24.4 Å². The maximum Gasteiger partial charge on any atom is 0.469 e. The van der Waals surface area contributed by atoms with Gasteiger partial charge in [0.2, 0.25) is 0 Å². The first-order valence-corrected chi connectivity index (χ1v) is 21.1. The maximum absolute atomic E-state index is 12.4. The van der Waals surface area contributed by atoms with Crippen molar-refractivity contribution in [2.24, 2.45) is 0 Å². The number of phosphoric ester groups is 1. The Balaban J connectivity index is 4.08. The van der Waals surface area contributed by atoms with Crippen molar-refractivity contribution < 1.29 is 43.0 Å². The van der Waals surface area contributed by atoms with Crippen molar-refractivity contribution in [1.82, 2.24) is 0 Å². The molecule has 0 amide bonds. The minimum absolute atomic E-state index is 0.175. The number of allylic oxidation sites excluding steroid dienone is 7. The first kappa shape index (κ1) is 48.0. The monoisotopic (exact) mass is 726 g/mol. The van der Waals surface area contributed by atoms with E-state index in [2.05, 4.69) is 42.7 Å². The molecule has 0 unspecified atom stereocenters. The summed E-state index contributed by atoms with van der Waals surface area (Å²) in [5, 5.41) is 9.78. The average Bonchev–Trinajstić information content (AvgIpc) is 3.08. The molecule has 2 atom stereocenters. The summed E-state index contributed by atoms with van der Waals surface area (Å²) in [7, 11) is -4.77. The Hall–Kier alpha value is -2.03. The highest BCUT2D eigenvalue weighted by atomic mass is 31.2. The highest BCUT2D eigenvalue weighted by molar-refractivity contribution is 7.46. The molecule has 0 radical (unpaired) electrons. The van der Waals surface area contributed by atoms with Crippen LogP contribution in [0.4, 0.5) is 0 Å². The zero-order valence-electron chi connectivity index (χ0n) is 31.4. The van der Waals surface area contributed by atoms with Crippen molar-refractivity contribution in [3.63, 3.8) is 0 Å². The fraction of sp³-hybridized carbons (Fsp3) is 0.750. The second-order valence-corrected chi connectivity index (χ2v) is 14.3. The molecule has 0 aromatic rings. The normalized spacial score (nSPS) is 13.6. The summed E-state index contributed by atoms with van der Waals surface area (Å²) < 4.78 is 26.3. The third-order valence-corrected chi connectivity index (χ3v) is 8.66. The van der Waals surface area contributed by atoms with Crippen LogP contribution in [-0.4, -0.2) is 52.3 Å². The number of ether oxygens (including phenoxy) is 2. The number of carbonyl (C=O) groups excluding carboxylic acids is 2. The summed E-state index contributed by atoms with van der Waals surface area (Å²) in [6.45, 7) is 3.47. The predicted octanol–water partition coefficient (Wildman–Crippen LogP) is 10.5. The zero-order valence-corrected chi connectivity index (χ0v) is 32.3. The fourth-order valence-electron chi connectivity index (χ4n) is 5.21. The lowest BCUT2D eigenvalue weighted by molar-refractivity contribution is -0.161. The van der Waals surface area contributed by atoms with Crippen molar-refractivity contribution in [3.8, 4) is 0 Å². The number of rotatable bonds is 35. The quantitative estimate of drug-likeness (QED) is 0.0252. The van der Waals surface area contributed by atoms with Crippen LogP contribution in [0.3, 0.4) is 0 Å². The molecule has 0 aliphatic carbocycles. The first-order chi connectivity index (χ1) is 24.2. The Morgan fingerprint density at radius 1 is 0.600 bits per heavy atom. The lowest BCUT2D eigenvalue weighted by Gasteiger charge is -2.18. The van der Waals surface area contributed by atoms with Gasteiger partial charge in [-0.1, -0.05) is 159 Å². The molecule has 0 rings (SSSR count). The minimum Gasteiger partial charge on any atom is -0.462 e. The van der Waals surface area contributed by atoms with Gasteiger partial charge in [-0.15, -0.1) is 0 Å². The third-order valence-electron chi connectivity index (χ3n) is 8.17. The van der Waals surface area contributed by atoms with E-state index >= 15 is 0 Å². The van der Waals surface area contributed by atoms with E-state index < -0.39 is 32.5 Å². The molecule has 9 nitrogen and oxygen atoms in total. The SMILES string of the molecule is CCCCCCCCCCCCCCCCC(=O)O[C@H](COC(=O)CCC/C=C\C/C=C\C/C=C\C/C=C\[C@@H](O)CCCC)COP(=O)(O)O. The average molecular weight is 727 g/mol. The highest BCUT2D eigenvalue weighted by Crippen LogP contribution is 2.36. The second-order valence-electron chi connectivity index (χ2n) is 13.1. The summed E-state index contributed by atoms with van der Waals surface area (Å²) in [6.07, 6.45) is 38.8. The van der Waals surface area contributed by atoms with Crippen LogP contribution in [0.2, 0.25) is 0 Å². The van der Waals surface area contributed by atoms with Crippen molar-refractivity contribution in [3.05, 3.63) is 48.6 Å². The molecule has 0 heterocycles. The van der Waals surface area contributed by atoms with Gasteiger partial charge in [0, 0.05) is 12.8 Å². The maximum atomic E-state index is 12.4. The van der Waals surface area contributed by atoms with E-state index in [1.165, 1.54) is 64.2 Å².